The maximum atomic E-state index is 11.7. The number of guanidine groups is 1. The number of aliphatic imine (C=N–C) groups is 1. The molecule has 1 unspecified atom stereocenters. The summed E-state index contributed by atoms with van der Waals surface area (Å²) < 4.78 is 24.9. The van der Waals surface area contributed by atoms with Crippen molar-refractivity contribution in [2.45, 2.75) is 32.2 Å². The lowest BCUT2D eigenvalue weighted by Gasteiger charge is -2.33. The van der Waals surface area contributed by atoms with E-state index in [0.29, 0.717) is 31.6 Å². The third-order valence-corrected chi connectivity index (χ3v) is 7.42. The van der Waals surface area contributed by atoms with Crippen molar-refractivity contribution >= 4 is 56.3 Å². The highest BCUT2D eigenvalue weighted by molar-refractivity contribution is 14.0. The van der Waals surface area contributed by atoms with Crippen LogP contribution in [-0.4, -0.2) is 70.2 Å². The van der Waals surface area contributed by atoms with Gasteiger partial charge in [-0.05, 0) is 49.6 Å². The molecule has 10 heteroatoms. The molecule has 1 aromatic heterocycles. The Morgan fingerprint density at radius 1 is 1.29 bits per heavy atom. The monoisotopic (exact) mass is 541 g/mol. The summed E-state index contributed by atoms with van der Waals surface area (Å²) >= 11 is 1.80. The minimum absolute atomic E-state index is 0. The molecule has 0 saturated carbocycles. The SMILES string of the molecule is CCNC(=NCC1CCN(S(C)(=O)=O)C1)NC1CCN(c2cccs2)CC1.I. The van der Waals surface area contributed by atoms with Crippen molar-refractivity contribution in [3.63, 3.8) is 0 Å². The highest BCUT2D eigenvalue weighted by Crippen LogP contribution is 2.25. The molecule has 0 spiro atoms. The molecular weight excluding hydrogens is 509 g/mol. The van der Waals surface area contributed by atoms with E-state index in [0.717, 1.165) is 44.9 Å². The van der Waals surface area contributed by atoms with Crippen molar-refractivity contribution < 1.29 is 8.42 Å². The number of anilines is 1. The molecule has 7 nitrogen and oxygen atoms in total. The van der Waals surface area contributed by atoms with Crippen LogP contribution in [0.25, 0.3) is 0 Å². The first-order chi connectivity index (χ1) is 13.0. The van der Waals surface area contributed by atoms with Crippen LogP contribution in [0.2, 0.25) is 0 Å². The Bertz CT molecular complexity index is 718. The van der Waals surface area contributed by atoms with Crippen molar-refractivity contribution in [2.24, 2.45) is 10.9 Å². The van der Waals surface area contributed by atoms with E-state index in [1.807, 2.05) is 0 Å². The number of nitrogens with one attached hydrogen (secondary N) is 2. The summed E-state index contributed by atoms with van der Waals surface area (Å²) in [6, 6.07) is 4.72. The number of rotatable bonds is 6. The number of nitrogens with zero attached hydrogens (tertiary/aromatic N) is 3. The van der Waals surface area contributed by atoms with Gasteiger partial charge in [0.25, 0.3) is 0 Å². The summed E-state index contributed by atoms with van der Waals surface area (Å²) in [5.74, 6) is 1.15. The van der Waals surface area contributed by atoms with Crippen molar-refractivity contribution in [2.75, 3.05) is 50.4 Å². The molecule has 2 aliphatic heterocycles. The van der Waals surface area contributed by atoms with Crippen LogP contribution in [0.4, 0.5) is 5.00 Å². The second-order valence-electron chi connectivity index (χ2n) is 7.35. The van der Waals surface area contributed by atoms with Gasteiger partial charge in [0, 0.05) is 45.3 Å². The first-order valence-corrected chi connectivity index (χ1v) is 12.5. The normalized spacial score (nSPS) is 22.1. The Morgan fingerprint density at radius 2 is 2.04 bits per heavy atom. The van der Waals surface area contributed by atoms with Crippen molar-refractivity contribution in [3.8, 4) is 0 Å². The lowest BCUT2D eigenvalue weighted by Crippen LogP contribution is -2.48. The van der Waals surface area contributed by atoms with Crippen LogP contribution in [0, 0.1) is 5.92 Å². The van der Waals surface area contributed by atoms with Crippen molar-refractivity contribution in [3.05, 3.63) is 17.5 Å². The average Bonchev–Trinajstić information content (AvgIpc) is 3.32. The standard InChI is InChI=1S/C18H31N5O2S2.HI/c1-3-19-18(20-13-15-6-11-23(14-15)27(2,24)25)21-16-7-9-22(10-8-16)17-5-4-12-26-17;/h4-5,12,15-16H,3,6-11,13-14H2,1-2H3,(H2,19,20,21);1H. The van der Waals surface area contributed by atoms with Crippen LogP contribution in [-0.2, 0) is 10.0 Å². The Labute approximate surface area is 190 Å². The zero-order chi connectivity index (χ0) is 19.3. The summed E-state index contributed by atoms with van der Waals surface area (Å²) in [5.41, 5.74) is 0. The third kappa shape index (κ3) is 6.74. The van der Waals surface area contributed by atoms with E-state index in [4.69, 9.17) is 4.99 Å². The Morgan fingerprint density at radius 3 is 2.61 bits per heavy atom. The van der Waals surface area contributed by atoms with E-state index in [1.165, 1.54) is 11.3 Å². The lowest BCUT2D eigenvalue weighted by atomic mass is 10.1. The number of hydrogen-bond donors (Lipinski definition) is 2. The van der Waals surface area contributed by atoms with Gasteiger partial charge in [0.2, 0.25) is 10.0 Å². The summed E-state index contributed by atoms with van der Waals surface area (Å²) in [6.45, 7) is 6.87. The first-order valence-electron chi connectivity index (χ1n) is 9.74. The molecule has 3 rings (SSSR count). The van der Waals surface area contributed by atoms with Crippen molar-refractivity contribution in [1.29, 1.82) is 0 Å². The van der Waals surface area contributed by atoms with Gasteiger partial charge < -0.3 is 15.5 Å². The van der Waals surface area contributed by atoms with Gasteiger partial charge in [-0.1, -0.05) is 0 Å². The minimum atomic E-state index is -3.08. The van der Waals surface area contributed by atoms with E-state index in [9.17, 15) is 8.42 Å². The molecule has 2 saturated heterocycles. The molecule has 3 heterocycles. The fourth-order valence-electron chi connectivity index (χ4n) is 3.68. The van der Waals surface area contributed by atoms with E-state index >= 15 is 0 Å². The average molecular weight is 542 g/mol. The first kappa shape index (κ1) is 23.7. The van der Waals surface area contributed by atoms with Crippen LogP contribution in [0.15, 0.2) is 22.5 Å². The van der Waals surface area contributed by atoms with Gasteiger partial charge in [0.15, 0.2) is 5.96 Å². The molecule has 0 radical (unpaired) electrons. The summed E-state index contributed by atoms with van der Waals surface area (Å²) in [5, 5.41) is 10.4. The molecule has 0 amide bonds. The zero-order valence-electron chi connectivity index (χ0n) is 16.6. The number of thiophene rings is 1. The Kier molecular flexibility index (Phi) is 9.29. The maximum absolute atomic E-state index is 11.7. The number of sulfonamides is 1. The molecule has 28 heavy (non-hydrogen) atoms. The van der Waals surface area contributed by atoms with E-state index in [1.54, 1.807) is 15.6 Å². The topological polar surface area (TPSA) is 77.0 Å². The fourth-order valence-corrected chi connectivity index (χ4v) is 5.38. The van der Waals surface area contributed by atoms with Gasteiger partial charge >= 0.3 is 0 Å². The van der Waals surface area contributed by atoms with Gasteiger partial charge in [-0.15, -0.1) is 35.3 Å². The minimum Gasteiger partial charge on any atom is -0.363 e. The number of hydrogen-bond acceptors (Lipinski definition) is 5. The van der Waals surface area contributed by atoms with Gasteiger partial charge in [-0.3, -0.25) is 4.99 Å². The van der Waals surface area contributed by atoms with Gasteiger partial charge in [-0.25, -0.2) is 12.7 Å². The molecule has 0 aromatic carbocycles. The van der Waals surface area contributed by atoms with Crippen LogP contribution < -0.4 is 15.5 Å². The molecule has 160 valence electrons. The molecule has 0 bridgehead atoms. The van der Waals surface area contributed by atoms with Gasteiger partial charge in [0.1, 0.15) is 0 Å². The zero-order valence-corrected chi connectivity index (χ0v) is 20.6. The molecule has 2 aliphatic rings. The van der Waals surface area contributed by atoms with E-state index < -0.39 is 10.0 Å². The van der Waals surface area contributed by atoms with Gasteiger partial charge in [0.05, 0.1) is 11.3 Å². The molecule has 2 fully saturated rings. The molecule has 1 aromatic rings. The largest absolute Gasteiger partial charge is 0.363 e. The summed E-state index contributed by atoms with van der Waals surface area (Å²) in [7, 11) is -3.08. The number of piperidine rings is 1. The smallest absolute Gasteiger partial charge is 0.211 e. The lowest BCUT2D eigenvalue weighted by molar-refractivity contribution is 0.457. The molecule has 1 atom stereocenters. The predicted molar refractivity (Wildman–Crippen MR) is 129 cm³/mol. The van der Waals surface area contributed by atoms with Crippen molar-refractivity contribution in [1.82, 2.24) is 14.9 Å². The second kappa shape index (κ2) is 11.0. The van der Waals surface area contributed by atoms with Crippen LogP contribution in [0.1, 0.15) is 26.2 Å². The third-order valence-electron chi connectivity index (χ3n) is 5.22. The van der Waals surface area contributed by atoms with Crippen LogP contribution >= 0.6 is 35.3 Å². The maximum Gasteiger partial charge on any atom is 0.211 e. The van der Waals surface area contributed by atoms with Crippen LogP contribution in [0.5, 0.6) is 0 Å². The van der Waals surface area contributed by atoms with Gasteiger partial charge in [-0.2, -0.15) is 0 Å². The fraction of sp³-hybridized carbons (Fsp3) is 0.722. The van der Waals surface area contributed by atoms with Crippen LogP contribution in [0.3, 0.4) is 0 Å². The Balaban J connectivity index is 0.00000280. The highest BCUT2D eigenvalue weighted by Gasteiger charge is 2.28. The Hall–Kier alpha value is -0.590. The van der Waals surface area contributed by atoms with E-state index in [-0.39, 0.29) is 24.0 Å². The molecule has 0 aliphatic carbocycles. The number of halogens is 1. The molecule has 2 N–H and O–H groups in total. The van der Waals surface area contributed by atoms with E-state index in [2.05, 4.69) is 40.0 Å². The highest BCUT2D eigenvalue weighted by atomic mass is 127. The predicted octanol–water partition coefficient (Wildman–Crippen LogP) is 2.17. The second-order valence-corrected chi connectivity index (χ2v) is 10.3. The molecular formula is C18H32IN5O2S2. The quantitative estimate of drug-likeness (QED) is 0.328. The summed E-state index contributed by atoms with van der Waals surface area (Å²) in [6.07, 6.45) is 4.35. The summed E-state index contributed by atoms with van der Waals surface area (Å²) in [4.78, 5) is 7.19.